The Morgan fingerprint density at radius 1 is 1.10 bits per heavy atom. The highest BCUT2D eigenvalue weighted by Gasteiger charge is 2.13. The fraction of sp³-hybridized carbons (Fsp3) is 0.0417. The lowest BCUT2D eigenvalue weighted by Crippen LogP contribution is -2.18. The van der Waals surface area contributed by atoms with Gasteiger partial charge < -0.3 is 9.84 Å². The number of halogens is 1. The molecule has 2 N–H and O–H groups in total. The number of amides is 1. The van der Waals surface area contributed by atoms with Crippen LogP contribution in [0.1, 0.15) is 15.9 Å². The van der Waals surface area contributed by atoms with Crippen LogP contribution in [-0.2, 0) is 0 Å². The van der Waals surface area contributed by atoms with Crippen molar-refractivity contribution >= 4 is 23.0 Å². The average Bonchev–Trinajstić information content (AvgIpc) is 2.79. The Balaban J connectivity index is 1.64. The van der Waals surface area contributed by atoms with Crippen molar-refractivity contribution < 1.29 is 19.0 Å². The van der Waals surface area contributed by atoms with Crippen LogP contribution < -0.4 is 10.2 Å². The molecule has 31 heavy (non-hydrogen) atoms. The quantitative estimate of drug-likeness (QED) is 0.371. The van der Waals surface area contributed by atoms with Crippen LogP contribution >= 0.6 is 0 Å². The second kappa shape index (κ2) is 8.62. The minimum Gasteiger partial charge on any atom is -0.504 e. The number of fused-ring (bicyclic) bond motifs is 1. The van der Waals surface area contributed by atoms with Gasteiger partial charge in [0.2, 0.25) is 0 Å². The lowest BCUT2D eigenvalue weighted by Gasteiger charge is -2.09. The summed E-state index contributed by atoms with van der Waals surface area (Å²) >= 11 is 0. The Bertz CT molecular complexity index is 1290. The van der Waals surface area contributed by atoms with Gasteiger partial charge in [0.1, 0.15) is 5.82 Å². The molecule has 0 radical (unpaired) electrons. The number of nitrogens with zero attached hydrogens (tertiary/aromatic N) is 2. The number of benzene rings is 3. The SMILES string of the molecule is COc1ccc(C=NNC(=O)c2cc(-c3ccc(F)cc3)nc3ccccc23)cc1O. The first kappa shape index (κ1) is 20.0. The van der Waals surface area contributed by atoms with Crippen molar-refractivity contribution in [1.82, 2.24) is 10.4 Å². The molecule has 0 fully saturated rings. The van der Waals surface area contributed by atoms with E-state index < -0.39 is 5.91 Å². The lowest BCUT2D eigenvalue weighted by atomic mass is 10.0. The first-order chi connectivity index (χ1) is 15.0. The van der Waals surface area contributed by atoms with Crippen molar-refractivity contribution in [2.45, 2.75) is 0 Å². The van der Waals surface area contributed by atoms with Gasteiger partial charge in [0.25, 0.3) is 5.91 Å². The molecule has 0 saturated heterocycles. The molecular formula is C24H18FN3O3. The van der Waals surface area contributed by atoms with Gasteiger partial charge in [0.05, 0.1) is 30.1 Å². The highest BCUT2D eigenvalue weighted by molar-refractivity contribution is 6.07. The molecule has 0 spiro atoms. The number of carbonyl (C=O) groups excluding carboxylic acids is 1. The van der Waals surface area contributed by atoms with Crippen LogP contribution in [0.15, 0.2) is 77.9 Å². The van der Waals surface area contributed by atoms with E-state index in [-0.39, 0.29) is 11.6 Å². The van der Waals surface area contributed by atoms with Gasteiger partial charge >= 0.3 is 0 Å². The minimum atomic E-state index is -0.420. The van der Waals surface area contributed by atoms with E-state index in [1.54, 1.807) is 36.4 Å². The lowest BCUT2D eigenvalue weighted by molar-refractivity contribution is 0.0956. The van der Waals surface area contributed by atoms with Crippen LogP contribution in [0.2, 0.25) is 0 Å². The Morgan fingerprint density at radius 3 is 2.61 bits per heavy atom. The fourth-order valence-corrected chi connectivity index (χ4v) is 3.14. The summed E-state index contributed by atoms with van der Waals surface area (Å²) in [5, 5.41) is 14.5. The molecule has 6 nitrogen and oxygen atoms in total. The molecule has 0 bridgehead atoms. The number of hydrogen-bond donors (Lipinski definition) is 2. The molecule has 0 aliphatic heterocycles. The van der Waals surface area contributed by atoms with Crippen molar-refractivity contribution in [2.75, 3.05) is 7.11 Å². The molecule has 0 unspecified atom stereocenters. The van der Waals surface area contributed by atoms with Gasteiger partial charge in [-0.1, -0.05) is 18.2 Å². The zero-order chi connectivity index (χ0) is 21.8. The Labute approximate surface area is 177 Å². The van der Waals surface area contributed by atoms with Crippen LogP contribution in [0.5, 0.6) is 11.5 Å². The van der Waals surface area contributed by atoms with Gasteiger partial charge in [0, 0.05) is 10.9 Å². The number of hydrogen-bond acceptors (Lipinski definition) is 5. The maximum atomic E-state index is 13.3. The van der Waals surface area contributed by atoms with Gasteiger partial charge in [-0.2, -0.15) is 5.10 Å². The standard InChI is InChI=1S/C24H18FN3O3/c1-31-23-11-6-15(12-22(23)29)14-26-28-24(30)19-13-21(16-7-9-17(25)10-8-16)27-20-5-3-2-4-18(19)20/h2-14,29H,1H3,(H,28,30). The third-order valence-electron chi connectivity index (χ3n) is 4.68. The predicted octanol–water partition coefficient (Wildman–Crippen LogP) is 4.52. The summed E-state index contributed by atoms with van der Waals surface area (Å²) < 4.78 is 18.3. The summed E-state index contributed by atoms with van der Waals surface area (Å²) in [5.74, 6) is -0.447. The predicted molar refractivity (Wildman–Crippen MR) is 117 cm³/mol. The summed E-state index contributed by atoms with van der Waals surface area (Å²) in [6, 6.07) is 19.6. The maximum Gasteiger partial charge on any atom is 0.272 e. The van der Waals surface area contributed by atoms with Gasteiger partial charge in [-0.25, -0.2) is 14.8 Å². The molecule has 0 saturated carbocycles. The zero-order valence-electron chi connectivity index (χ0n) is 16.5. The van der Waals surface area contributed by atoms with Crippen LogP contribution in [0.3, 0.4) is 0 Å². The zero-order valence-corrected chi connectivity index (χ0v) is 16.5. The second-order valence-electron chi connectivity index (χ2n) is 6.71. The molecule has 154 valence electrons. The number of phenolic OH excluding ortho intramolecular Hbond substituents is 1. The van der Waals surface area contributed by atoms with Gasteiger partial charge in [-0.3, -0.25) is 4.79 Å². The number of aromatic hydroxyl groups is 1. The molecule has 7 heteroatoms. The topological polar surface area (TPSA) is 83.8 Å². The van der Waals surface area contributed by atoms with E-state index in [2.05, 4.69) is 15.5 Å². The first-order valence-electron chi connectivity index (χ1n) is 9.41. The molecule has 0 aliphatic carbocycles. The number of hydrazone groups is 1. The summed E-state index contributed by atoms with van der Waals surface area (Å²) in [4.78, 5) is 17.5. The third-order valence-corrected chi connectivity index (χ3v) is 4.68. The Kier molecular flexibility index (Phi) is 5.57. The first-order valence-corrected chi connectivity index (χ1v) is 9.41. The number of carbonyl (C=O) groups is 1. The Morgan fingerprint density at radius 2 is 1.87 bits per heavy atom. The molecule has 1 amide bonds. The van der Waals surface area contributed by atoms with E-state index in [0.717, 1.165) is 0 Å². The molecule has 4 rings (SSSR count). The molecule has 3 aromatic carbocycles. The summed E-state index contributed by atoms with van der Waals surface area (Å²) in [6.07, 6.45) is 1.42. The number of nitrogens with one attached hydrogen (secondary N) is 1. The number of rotatable bonds is 5. The maximum absolute atomic E-state index is 13.3. The van der Waals surface area contributed by atoms with E-state index in [4.69, 9.17) is 4.74 Å². The highest BCUT2D eigenvalue weighted by atomic mass is 19.1. The number of methoxy groups -OCH3 is 1. The summed E-state index contributed by atoms with van der Waals surface area (Å²) in [7, 11) is 1.46. The molecular weight excluding hydrogens is 397 g/mol. The summed E-state index contributed by atoms with van der Waals surface area (Å²) in [5.41, 5.74) is 5.36. The largest absolute Gasteiger partial charge is 0.504 e. The monoisotopic (exact) mass is 415 g/mol. The molecule has 0 atom stereocenters. The van der Waals surface area contributed by atoms with Gasteiger partial charge in [-0.15, -0.1) is 0 Å². The van der Waals surface area contributed by atoms with Crippen LogP contribution in [0, 0.1) is 5.82 Å². The molecule has 1 aromatic heterocycles. The molecule has 0 aliphatic rings. The van der Waals surface area contributed by atoms with Crippen molar-refractivity contribution in [3.8, 4) is 22.8 Å². The van der Waals surface area contributed by atoms with E-state index in [0.29, 0.717) is 39.0 Å². The van der Waals surface area contributed by atoms with Gasteiger partial charge in [0.15, 0.2) is 11.5 Å². The van der Waals surface area contributed by atoms with E-state index in [1.807, 2.05) is 18.2 Å². The smallest absolute Gasteiger partial charge is 0.272 e. The van der Waals surface area contributed by atoms with Crippen LogP contribution in [0.4, 0.5) is 4.39 Å². The summed E-state index contributed by atoms with van der Waals surface area (Å²) in [6.45, 7) is 0. The number of aromatic nitrogens is 1. The van der Waals surface area contributed by atoms with Crippen molar-refractivity contribution in [1.29, 1.82) is 0 Å². The number of phenols is 1. The van der Waals surface area contributed by atoms with E-state index in [1.165, 1.54) is 31.5 Å². The Hall–Kier alpha value is -4.26. The van der Waals surface area contributed by atoms with Crippen molar-refractivity contribution in [3.63, 3.8) is 0 Å². The second-order valence-corrected chi connectivity index (χ2v) is 6.71. The van der Waals surface area contributed by atoms with E-state index in [9.17, 15) is 14.3 Å². The number of para-hydroxylation sites is 1. The van der Waals surface area contributed by atoms with Crippen molar-refractivity contribution in [2.24, 2.45) is 5.10 Å². The molecule has 4 aromatic rings. The van der Waals surface area contributed by atoms with Crippen LogP contribution in [-0.4, -0.2) is 29.3 Å². The highest BCUT2D eigenvalue weighted by Crippen LogP contribution is 2.26. The fourth-order valence-electron chi connectivity index (χ4n) is 3.14. The van der Waals surface area contributed by atoms with Gasteiger partial charge in [-0.05, 0) is 60.2 Å². The molecule has 1 heterocycles. The normalized spacial score (nSPS) is 11.0. The number of pyridine rings is 1. The number of ether oxygens (including phenoxy) is 1. The van der Waals surface area contributed by atoms with Crippen molar-refractivity contribution in [3.05, 3.63) is 89.7 Å². The van der Waals surface area contributed by atoms with Crippen LogP contribution in [0.25, 0.3) is 22.2 Å². The average molecular weight is 415 g/mol. The minimum absolute atomic E-state index is 0.0261. The third kappa shape index (κ3) is 4.35. The van der Waals surface area contributed by atoms with E-state index >= 15 is 0 Å².